The van der Waals surface area contributed by atoms with Crippen molar-refractivity contribution in [3.05, 3.63) is 11.9 Å². The van der Waals surface area contributed by atoms with E-state index in [4.69, 9.17) is 9.47 Å². The minimum absolute atomic E-state index is 0.0242. The van der Waals surface area contributed by atoms with Crippen molar-refractivity contribution in [2.24, 2.45) is 0 Å². The zero-order valence-corrected chi connectivity index (χ0v) is 44.9. The van der Waals surface area contributed by atoms with Gasteiger partial charge in [0.1, 0.15) is 12.2 Å². The summed E-state index contributed by atoms with van der Waals surface area (Å²) in [6.45, 7) is 13.9. The average molecular weight is 931 g/mol. The molecule has 0 saturated heterocycles. The van der Waals surface area contributed by atoms with Crippen LogP contribution in [0.3, 0.4) is 0 Å². The van der Waals surface area contributed by atoms with Crippen molar-refractivity contribution in [1.29, 1.82) is 0 Å². The fraction of sp³-hybridized carbons (Fsp3) is 0.930. The minimum Gasteiger partial charge on any atom is -0.462 e. The van der Waals surface area contributed by atoms with Gasteiger partial charge in [-0.3, -0.25) is 14.3 Å². The molecule has 0 spiro atoms. The van der Waals surface area contributed by atoms with Gasteiger partial charge in [0.2, 0.25) is 0 Å². The molecule has 1 aromatic rings. The zero-order valence-electron chi connectivity index (χ0n) is 44.9. The van der Waals surface area contributed by atoms with Crippen LogP contribution in [-0.4, -0.2) is 82.7 Å². The van der Waals surface area contributed by atoms with Crippen molar-refractivity contribution in [3.8, 4) is 0 Å². The minimum atomic E-state index is 0.0242. The van der Waals surface area contributed by atoms with E-state index >= 15 is 0 Å². The van der Waals surface area contributed by atoms with Gasteiger partial charge in [-0.2, -0.15) is 0 Å². The van der Waals surface area contributed by atoms with Crippen molar-refractivity contribution >= 4 is 11.9 Å². The molecule has 0 fully saturated rings. The maximum Gasteiger partial charge on any atom is 0.306 e. The highest BCUT2D eigenvalue weighted by Gasteiger charge is 2.16. The normalized spacial score (nSPS) is 11.8. The molecular weight excluding hydrogens is 819 g/mol. The molecule has 0 radical (unpaired) electrons. The molecule has 1 aromatic heterocycles. The second kappa shape index (κ2) is 46.7. The molecule has 0 atom stereocenters. The first-order valence-corrected chi connectivity index (χ1v) is 29.0. The molecule has 0 saturated carbocycles. The summed E-state index contributed by atoms with van der Waals surface area (Å²) in [5.41, 5.74) is 1.01. The highest BCUT2D eigenvalue weighted by atomic mass is 16.5. The van der Waals surface area contributed by atoms with E-state index in [1.165, 1.54) is 180 Å². The Morgan fingerprint density at radius 1 is 0.470 bits per heavy atom. The van der Waals surface area contributed by atoms with E-state index in [0.29, 0.717) is 12.8 Å². The van der Waals surface area contributed by atoms with Gasteiger partial charge in [0.25, 0.3) is 0 Å². The van der Waals surface area contributed by atoms with Crippen LogP contribution in [0.1, 0.15) is 290 Å². The van der Waals surface area contributed by atoms with Gasteiger partial charge in [0.05, 0.1) is 12.2 Å². The molecule has 1 heterocycles. The molecule has 66 heavy (non-hydrogen) atoms. The third-order valence-electron chi connectivity index (χ3n) is 13.5. The number of hydrogen-bond donors (Lipinski definition) is 0. The van der Waals surface area contributed by atoms with Crippen LogP contribution < -0.4 is 0 Å². The zero-order chi connectivity index (χ0) is 48.0. The van der Waals surface area contributed by atoms with E-state index in [1.54, 1.807) is 0 Å². The molecule has 0 bridgehead atoms. The smallest absolute Gasteiger partial charge is 0.306 e. The van der Waals surface area contributed by atoms with Gasteiger partial charge in [0, 0.05) is 32.1 Å². The number of hydrogen-bond acceptors (Lipinski definition) is 8. The number of rotatable bonds is 51. The van der Waals surface area contributed by atoms with Crippen LogP contribution in [0.4, 0.5) is 0 Å². The molecule has 0 aromatic carbocycles. The standard InChI is InChI=1S/C57H111N5O4/c1-7-11-15-19-25-33-41-54(42-34-26-20-16-12-8-2)65-56(63)45-37-29-23-31-39-47-61(49-50-62-52-53(58-59-62)51-60(5)6)48-40-32-24-30-38-46-57(64)66-55(43-35-27-21-17-13-9-3)44-36-28-22-18-14-10-4/h52,54-55H,7-51H2,1-6H3. The molecule has 0 aliphatic carbocycles. The van der Waals surface area contributed by atoms with Crippen LogP contribution in [0.15, 0.2) is 6.20 Å². The largest absolute Gasteiger partial charge is 0.462 e. The summed E-state index contributed by atoms with van der Waals surface area (Å²) in [6, 6.07) is 0. The Morgan fingerprint density at radius 3 is 1.17 bits per heavy atom. The first-order chi connectivity index (χ1) is 32.3. The predicted octanol–water partition coefficient (Wildman–Crippen LogP) is 16.1. The highest BCUT2D eigenvalue weighted by molar-refractivity contribution is 5.69. The van der Waals surface area contributed by atoms with Gasteiger partial charge < -0.3 is 19.3 Å². The van der Waals surface area contributed by atoms with Crippen molar-refractivity contribution in [2.45, 2.75) is 310 Å². The van der Waals surface area contributed by atoms with E-state index in [0.717, 1.165) is 103 Å². The maximum atomic E-state index is 12.9. The van der Waals surface area contributed by atoms with Crippen LogP contribution in [-0.2, 0) is 32.2 Å². The summed E-state index contributed by atoms with van der Waals surface area (Å²) in [6.07, 6.45) is 49.5. The monoisotopic (exact) mass is 930 g/mol. The highest BCUT2D eigenvalue weighted by Crippen LogP contribution is 2.20. The van der Waals surface area contributed by atoms with Crippen LogP contribution in [0.2, 0.25) is 0 Å². The summed E-state index contributed by atoms with van der Waals surface area (Å²) in [7, 11) is 4.13. The van der Waals surface area contributed by atoms with E-state index < -0.39 is 0 Å². The second-order valence-corrected chi connectivity index (χ2v) is 20.5. The lowest BCUT2D eigenvalue weighted by atomic mass is 10.0. The van der Waals surface area contributed by atoms with Crippen LogP contribution in [0, 0.1) is 0 Å². The van der Waals surface area contributed by atoms with Crippen molar-refractivity contribution in [1.82, 2.24) is 24.8 Å². The fourth-order valence-electron chi connectivity index (χ4n) is 9.32. The lowest BCUT2D eigenvalue weighted by Gasteiger charge is -2.22. The molecule has 0 aliphatic heterocycles. The average Bonchev–Trinajstić information content (AvgIpc) is 3.75. The van der Waals surface area contributed by atoms with Gasteiger partial charge >= 0.3 is 11.9 Å². The molecule has 388 valence electrons. The summed E-state index contributed by atoms with van der Waals surface area (Å²) < 4.78 is 14.2. The lowest BCUT2D eigenvalue weighted by molar-refractivity contribution is -0.151. The molecule has 0 amide bonds. The maximum absolute atomic E-state index is 12.9. The number of carbonyl (C=O) groups is 2. The molecule has 0 N–H and O–H groups in total. The van der Waals surface area contributed by atoms with E-state index in [1.807, 2.05) is 4.68 Å². The van der Waals surface area contributed by atoms with Crippen LogP contribution >= 0.6 is 0 Å². The van der Waals surface area contributed by atoms with Gasteiger partial charge in [-0.05, 0) is 104 Å². The third kappa shape index (κ3) is 39.9. The Kier molecular flexibility index (Phi) is 43.9. The molecule has 1 rings (SSSR count). The Labute approximate surface area is 409 Å². The Balaban J connectivity index is 2.48. The number of nitrogens with zero attached hydrogens (tertiary/aromatic N) is 5. The molecule has 0 unspecified atom stereocenters. The molecule has 9 nitrogen and oxygen atoms in total. The molecule has 9 heteroatoms. The van der Waals surface area contributed by atoms with Crippen LogP contribution in [0.25, 0.3) is 0 Å². The van der Waals surface area contributed by atoms with Crippen molar-refractivity contribution in [3.63, 3.8) is 0 Å². The molecular formula is C57H111N5O4. The summed E-state index contributed by atoms with van der Waals surface area (Å²) in [5.74, 6) is 0.0485. The van der Waals surface area contributed by atoms with Crippen molar-refractivity contribution in [2.75, 3.05) is 33.7 Å². The number of ether oxygens (including phenoxy) is 2. The summed E-state index contributed by atoms with van der Waals surface area (Å²) >= 11 is 0. The van der Waals surface area contributed by atoms with E-state index in [2.05, 4.69) is 68.1 Å². The Hall–Kier alpha value is -2.00. The van der Waals surface area contributed by atoms with E-state index in [9.17, 15) is 9.59 Å². The van der Waals surface area contributed by atoms with Gasteiger partial charge in [-0.15, -0.1) is 5.10 Å². The van der Waals surface area contributed by atoms with Crippen molar-refractivity contribution < 1.29 is 19.1 Å². The van der Waals surface area contributed by atoms with E-state index in [-0.39, 0.29) is 24.1 Å². The number of esters is 2. The predicted molar refractivity (Wildman–Crippen MR) is 281 cm³/mol. The first kappa shape index (κ1) is 62.0. The first-order valence-electron chi connectivity index (χ1n) is 29.0. The Morgan fingerprint density at radius 2 is 0.803 bits per heavy atom. The summed E-state index contributed by atoms with van der Waals surface area (Å²) in [5, 5.41) is 8.80. The Bertz CT molecular complexity index is 1100. The molecule has 0 aliphatic rings. The fourth-order valence-corrected chi connectivity index (χ4v) is 9.32. The SMILES string of the molecule is CCCCCCCCC(CCCCCCCC)OC(=O)CCCCCCCN(CCCCCCCC(=O)OC(CCCCCCCC)CCCCCCCC)CCn1cc(CN(C)C)nn1. The second-order valence-electron chi connectivity index (χ2n) is 20.5. The number of unbranched alkanes of at least 4 members (excludes halogenated alkanes) is 28. The number of carbonyl (C=O) groups excluding carboxylic acids is 2. The topological polar surface area (TPSA) is 89.8 Å². The lowest BCUT2D eigenvalue weighted by Crippen LogP contribution is -2.30. The van der Waals surface area contributed by atoms with Gasteiger partial charge in [0.15, 0.2) is 0 Å². The number of aromatic nitrogens is 3. The van der Waals surface area contributed by atoms with Gasteiger partial charge in [-0.1, -0.05) is 200 Å². The third-order valence-corrected chi connectivity index (χ3v) is 13.5. The summed E-state index contributed by atoms with van der Waals surface area (Å²) in [4.78, 5) is 30.6. The quantitative estimate of drug-likeness (QED) is 0.0471. The van der Waals surface area contributed by atoms with Crippen LogP contribution in [0.5, 0.6) is 0 Å². The van der Waals surface area contributed by atoms with Gasteiger partial charge in [-0.25, -0.2) is 0 Å².